The van der Waals surface area contributed by atoms with Crippen molar-refractivity contribution in [3.8, 4) is 5.69 Å². The molecule has 0 spiro atoms. The zero-order chi connectivity index (χ0) is 18.7. The first-order valence-corrected chi connectivity index (χ1v) is 8.88. The summed E-state index contributed by atoms with van der Waals surface area (Å²) in [6.45, 7) is 6.01. The highest BCUT2D eigenvalue weighted by Gasteiger charge is 2.20. The van der Waals surface area contributed by atoms with Crippen molar-refractivity contribution in [2.24, 2.45) is 0 Å². The molecule has 0 saturated heterocycles. The molecule has 0 radical (unpaired) electrons. The third-order valence-corrected chi connectivity index (χ3v) is 4.45. The van der Waals surface area contributed by atoms with Gasteiger partial charge in [0, 0.05) is 11.5 Å². The number of nitrogens with zero attached hydrogens (tertiary/aromatic N) is 4. The van der Waals surface area contributed by atoms with Gasteiger partial charge < -0.3 is 4.52 Å². The van der Waals surface area contributed by atoms with Crippen LogP contribution in [-0.4, -0.2) is 31.6 Å². The van der Waals surface area contributed by atoms with E-state index < -0.39 is 5.82 Å². The van der Waals surface area contributed by atoms with Crippen LogP contribution in [0.5, 0.6) is 0 Å². The maximum absolute atomic E-state index is 13.9. The number of para-hydroxylation sites is 1. The van der Waals surface area contributed by atoms with Gasteiger partial charge in [0.25, 0.3) is 0 Å². The number of carbonyl (C=O) groups excluding carboxylic acids is 1. The van der Waals surface area contributed by atoms with Crippen molar-refractivity contribution < 1.29 is 13.7 Å². The molecule has 0 aliphatic heterocycles. The molecular weight excluding hydrogens is 357 g/mol. The van der Waals surface area contributed by atoms with Gasteiger partial charge in [-0.05, 0) is 12.1 Å². The molecule has 1 N–H and O–H groups in total. The zero-order valence-corrected chi connectivity index (χ0v) is 15.4. The van der Waals surface area contributed by atoms with Gasteiger partial charge in [0.05, 0.1) is 17.1 Å². The van der Waals surface area contributed by atoms with Crippen molar-refractivity contribution >= 4 is 23.6 Å². The largest absolute Gasteiger partial charge is 0.338 e. The number of rotatable bonds is 5. The molecule has 0 fully saturated rings. The number of nitrogens with one attached hydrogen (secondary N) is 1. The molecule has 2 heterocycles. The van der Waals surface area contributed by atoms with Crippen LogP contribution in [0.2, 0.25) is 0 Å². The molecular formula is C17H18FN5O2S. The van der Waals surface area contributed by atoms with Crippen LogP contribution in [0.15, 0.2) is 46.3 Å². The lowest BCUT2D eigenvalue weighted by molar-refractivity contribution is -0.113. The third kappa shape index (κ3) is 4.10. The van der Waals surface area contributed by atoms with Gasteiger partial charge in [-0.2, -0.15) is 0 Å². The second-order valence-electron chi connectivity index (χ2n) is 6.60. The van der Waals surface area contributed by atoms with Gasteiger partial charge in [-0.3, -0.25) is 14.7 Å². The first kappa shape index (κ1) is 18.1. The molecule has 3 aromatic rings. The maximum atomic E-state index is 13.9. The molecule has 136 valence electrons. The summed E-state index contributed by atoms with van der Waals surface area (Å²) in [4.78, 5) is 12.1. The molecule has 2 aromatic heterocycles. The van der Waals surface area contributed by atoms with Crippen LogP contribution in [0, 0.1) is 5.82 Å². The minimum atomic E-state index is -0.394. The van der Waals surface area contributed by atoms with Gasteiger partial charge in [-0.25, -0.2) is 4.39 Å². The summed E-state index contributed by atoms with van der Waals surface area (Å²) in [5, 5.41) is 14.8. The summed E-state index contributed by atoms with van der Waals surface area (Å²) in [7, 11) is 0. The van der Waals surface area contributed by atoms with E-state index in [2.05, 4.69) is 20.7 Å². The predicted molar refractivity (Wildman–Crippen MR) is 95.9 cm³/mol. The van der Waals surface area contributed by atoms with Gasteiger partial charge in [0.1, 0.15) is 12.1 Å². The van der Waals surface area contributed by atoms with Crippen molar-refractivity contribution in [2.75, 3.05) is 11.1 Å². The summed E-state index contributed by atoms with van der Waals surface area (Å²) in [5.41, 5.74) is 0.905. The van der Waals surface area contributed by atoms with Crippen molar-refractivity contribution in [1.82, 2.24) is 19.9 Å². The lowest BCUT2D eigenvalue weighted by atomic mass is 9.92. The molecule has 0 atom stereocenters. The highest BCUT2D eigenvalue weighted by Crippen LogP contribution is 2.24. The van der Waals surface area contributed by atoms with Gasteiger partial charge in [0.2, 0.25) is 11.8 Å². The lowest BCUT2D eigenvalue weighted by Crippen LogP contribution is -2.14. The Morgan fingerprint density at radius 2 is 2.12 bits per heavy atom. The van der Waals surface area contributed by atoms with Gasteiger partial charge >= 0.3 is 0 Å². The second-order valence-corrected chi connectivity index (χ2v) is 7.54. The van der Waals surface area contributed by atoms with E-state index in [0.717, 1.165) is 17.5 Å². The SMILES string of the molecule is CC(C)(C)c1cc(NC(=O)CSc2nncn2-c2ccccc2F)on1. The normalized spacial score (nSPS) is 11.5. The molecule has 7 nitrogen and oxygen atoms in total. The van der Waals surface area contributed by atoms with Crippen LogP contribution in [0.1, 0.15) is 26.5 Å². The number of hydrogen-bond donors (Lipinski definition) is 1. The number of carbonyl (C=O) groups is 1. The third-order valence-electron chi connectivity index (χ3n) is 3.50. The number of halogens is 1. The van der Waals surface area contributed by atoms with Gasteiger partial charge in [-0.15, -0.1) is 10.2 Å². The van der Waals surface area contributed by atoms with E-state index in [0.29, 0.717) is 10.8 Å². The number of amides is 1. The van der Waals surface area contributed by atoms with Crippen LogP contribution < -0.4 is 5.32 Å². The fourth-order valence-corrected chi connectivity index (χ4v) is 2.85. The Hall–Kier alpha value is -2.68. The highest BCUT2D eigenvalue weighted by atomic mass is 32.2. The Balaban J connectivity index is 1.63. The van der Waals surface area contributed by atoms with E-state index in [1.807, 2.05) is 20.8 Å². The second kappa shape index (κ2) is 7.28. The molecule has 0 unspecified atom stereocenters. The molecule has 0 aliphatic carbocycles. The number of hydrogen-bond acceptors (Lipinski definition) is 6. The number of anilines is 1. The first-order chi connectivity index (χ1) is 12.3. The molecule has 0 aliphatic rings. The highest BCUT2D eigenvalue weighted by molar-refractivity contribution is 7.99. The van der Waals surface area contributed by atoms with Crippen LogP contribution in [0.4, 0.5) is 10.3 Å². The molecule has 0 saturated carbocycles. The number of thioether (sulfide) groups is 1. The van der Waals surface area contributed by atoms with E-state index in [-0.39, 0.29) is 23.0 Å². The van der Waals surface area contributed by atoms with Crippen LogP contribution in [-0.2, 0) is 10.2 Å². The van der Waals surface area contributed by atoms with Crippen LogP contribution >= 0.6 is 11.8 Å². The monoisotopic (exact) mass is 375 g/mol. The van der Waals surface area contributed by atoms with E-state index in [1.54, 1.807) is 24.3 Å². The average molecular weight is 375 g/mol. The lowest BCUT2D eigenvalue weighted by Gasteiger charge is -2.12. The Bertz CT molecular complexity index is 916. The summed E-state index contributed by atoms with van der Waals surface area (Å²) < 4.78 is 20.6. The first-order valence-electron chi connectivity index (χ1n) is 7.89. The van der Waals surface area contributed by atoms with Crippen LogP contribution in [0.3, 0.4) is 0 Å². The van der Waals surface area contributed by atoms with Crippen LogP contribution in [0.25, 0.3) is 5.69 Å². The van der Waals surface area contributed by atoms with Crippen molar-refractivity contribution in [3.63, 3.8) is 0 Å². The maximum Gasteiger partial charge on any atom is 0.237 e. The fourth-order valence-electron chi connectivity index (χ4n) is 2.13. The minimum absolute atomic E-state index is 0.0682. The molecule has 9 heteroatoms. The smallest absolute Gasteiger partial charge is 0.237 e. The molecule has 1 aromatic carbocycles. The minimum Gasteiger partial charge on any atom is -0.338 e. The number of benzene rings is 1. The van der Waals surface area contributed by atoms with Crippen molar-refractivity contribution in [3.05, 3.63) is 48.2 Å². The van der Waals surface area contributed by atoms with E-state index in [9.17, 15) is 9.18 Å². The van der Waals surface area contributed by atoms with Gasteiger partial charge in [-0.1, -0.05) is 49.8 Å². The number of aromatic nitrogens is 4. The van der Waals surface area contributed by atoms with Crippen molar-refractivity contribution in [1.29, 1.82) is 0 Å². The Morgan fingerprint density at radius 1 is 1.35 bits per heavy atom. The Kier molecular flexibility index (Phi) is 5.08. The van der Waals surface area contributed by atoms with E-state index >= 15 is 0 Å². The predicted octanol–water partition coefficient (Wildman–Crippen LogP) is 3.42. The summed E-state index contributed by atoms with van der Waals surface area (Å²) in [6, 6.07) is 7.99. The van der Waals surface area contributed by atoms with Gasteiger partial charge in [0.15, 0.2) is 5.16 Å². The zero-order valence-electron chi connectivity index (χ0n) is 14.6. The molecule has 0 bridgehead atoms. The van der Waals surface area contributed by atoms with E-state index in [4.69, 9.17) is 4.52 Å². The molecule has 1 amide bonds. The topological polar surface area (TPSA) is 85.8 Å². The molecule has 26 heavy (non-hydrogen) atoms. The fraction of sp³-hybridized carbons (Fsp3) is 0.294. The summed E-state index contributed by atoms with van der Waals surface area (Å²) in [6.07, 6.45) is 1.41. The Labute approximate surface area is 154 Å². The summed E-state index contributed by atoms with van der Waals surface area (Å²) in [5.74, 6) is -0.320. The van der Waals surface area contributed by atoms with Crippen molar-refractivity contribution in [2.45, 2.75) is 31.3 Å². The Morgan fingerprint density at radius 3 is 2.81 bits per heavy atom. The van der Waals surface area contributed by atoms with E-state index in [1.165, 1.54) is 17.0 Å². The molecule has 3 rings (SSSR count). The standard InChI is InChI=1S/C17H18FN5O2S/c1-17(2,3)13-8-15(25-22-13)20-14(24)9-26-16-21-19-10-23(16)12-7-5-4-6-11(12)18/h4-8,10H,9H2,1-3H3,(H,20,24). The summed E-state index contributed by atoms with van der Waals surface area (Å²) >= 11 is 1.15. The quantitative estimate of drug-likeness (QED) is 0.688. The average Bonchev–Trinajstić information content (AvgIpc) is 3.22.